The zero-order chi connectivity index (χ0) is 27.1. The number of anilines is 1. The summed E-state index contributed by atoms with van der Waals surface area (Å²) in [6.07, 6.45) is -5.59. The van der Waals surface area contributed by atoms with Crippen LogP contribution in [0.3, 0.4) is 0 Å². The number of hydrogen-bond acceptors (Lipinski definition) is 15. The monoisotopic (exact) mass is 581 g/mol. The van der Waals surface area contributed by atoms with Gasteiger partial charge in [0, 0.05) is 0 Å². The van der Waals surface area contributed by atoms with E-state index in [-0.39, 0.29) is 17.1 Å². The molecule has 36 heavy (non-hydrogen) atoms. The Balaban J connectivity index is 1.79. The number of nitrogens with two attached hydrogens (primary N) is 2. The van der Waals surface area contributed by atoms with Crippen molar-refractivity contribution in [1.82, 2.24) is 25.0 Å². The summed E-state index contributed by atoms with van der Waals surface area (Å²) in [5, 5.41) is 20.7. The smallest absolute Gasteiger partial charge is 0.387 e. The van der Waals surface area contributed by atoms with Gasteiger partial charge in [-0.2, -0.15) is 18.2 Å². The number of ether oxygens (including phenoxy) is 1. The summed E-state index contributed by atoms with van der Waals surface area (Å²) in [5.74, 6) is -0.301. The van der Waals surface area contributed by atoms with Gasteiger partial charge in [0.05, 0.1) is 12.9 Å². The van der Waals surface area contributed by atoms with Crippen LogP contribution in [-0.4, -0.2) is 75.4 Å². The van der Waals surface area contributed by atoms with Gasteiger partial charge in [0.15, 0.2) is 17.4 Å². The van der Waals surface area contributed by atoms with Crippen molar-refractivity contribution in [3.63, 3.8) is 0 Å². The highest BCUT2D eigenvalue weighted by molar-refractivity contribution is 7.66. The average molecular weight is 581 g/mol. The Morgan fingerprint density at radius 3 is 2.50 bits per heavy atom. The predicted octanol–water partition coefficient (Wildman–Crippen LogP) is -2.73. The van der Waals surface area contributed by atoms with Gasteiger partial charge in [-0.3, -0.25) is 18.9 Å². The number of aliphatic hydroxyl groups excluding tert-OH is 2. The number of aliphatic hydroxyl groups is 2. The van der Waals surface area contributed by atoms with Crippen LogP contribution in [0.15, 0.2) is 11.1 Å². The summed E-state index contributed by atoms with van der Waals surface area (Å²) in [6, 6.07) is -1.51. The fourth-order valence-corrected chi connectivity index (χ4v) is 6.21. The number of aromatic amines is 1. The number of rotatable bonds is 10. The first-order valence-electron chi connectivity index (χ1n) is 9.04. The largest absolute Gasteiger partial charge is 0.505 e. The number of hydrogen-bond donors (Lipinski definition) is 9. The van der Waals surface area contributed by atoms with Crippen LogP contribution < -0.4 is 22.5 Å². The van der Waals surface area contributed by atoms with Crippen LogP contribution >= 0.6 is 23.5 Å². The van der Waals surface area contributed by atoms with Gasteiger partial charge in [0.1, 0.15) is 18.3 Å². The Kier molecular flexibility index (Phi) is 8.04. The molecule has 0 spiro atoms. The molecule has 0 saturated carbocycles. The first-order valence-corrected chi connectivity index (χ1v) is 13.5. The SMILES string of the molecule is NC(=O)NOP(=O)(OC[C@H]1O[C@@H](n2cnc3c(=O)[nH]c(N)nc32)[C@H](O)[C@@H]1O)OP(=O)(O)OP(=O)(O)O. The molecule has 0 aliphatic carbocycles. The Bertz CT molecular complexity index is 1340. The quantitative estimate of drug-likeness (QED) is 0.101. The van der Waals surface area contributed by atoms with Gasteiger partial charge >= 0.3 is 29.5 Å². The molecule has 1 fully saturated rings. The van der Waals surface area contributed by atoms with E-state index in [1.54, 1.807) is 0 Å². The van der Waals surface area contributed by atoms with E-state index in [9.17, 15) is 38.4 Å². The summed E-state index contributed by atoms with van der Waals surface area (Å²) in [5.41, 5.74) is 10.4. The summed E-state index contributed by atoms with van der Waals surface area (Å²) in [6.45, 7) is -1.06. The van der Waals surface area contributed by atoms with Crippen molar-refractivity contribution in [3.05, 3.63) is 16.7 Å². The van der Waals surface area contributed by atoms with Crippen molar-refractivity contribution >= 4 is 46.6 Å². The van der Waals surface area contributed by atoms with Crippen LogP contribution in [0, 0.1) is 0 Å². The molecule has 3 rings (SSSR count). The molecule has 202 valence electrons. The number of imidazole rings is 1. The number of nitrogen functional groups attached to an aromatic ring is 1. The summed E-state index contributed by atoms with van der Waals surface area (Å²) in [4.78, 5) is 59.4. The summed E-state index contributed by atoms with van der Waals surface area (Å²) in [7, 11) is -17.0. The zero-order valence-electron chi connectivity index (χ0n) is 17.3. The number of fused-ring (bicyclic) bond motifs is 1. The highest BCUT2D eigenvalue weighted by Gasteiger charge is 2.48. The first-order chi connectivity index (χ1) is 16.5. The van der Waals surface area contributed by atoms with E-state index in [1.807, 2.05) is 0 Å². The standard InChI is InChI=1S/C11H18N7O15P3/c12-10-15-7-4(8(21)16-10)14-2-18(7)9-6(20)5(19)3(30-9)1-29-36(28,31-17-11(13)22)33-35(26,27)32-34(23,24)25/h2-3,5-6,9,19-20H,1H2,(H,26,27)(H3,13,17,22)(H2,23,24,25)(H3,12,15,16,21)/t3-,5-,6-,9-,36?/m1/s1. The molecule has 6 atom stereocenters. The van der Waals surface area contributed by atoms with Crippen molar-refractivity contribution in [2.75, 3.05) is 12.3 Å². The lowest BCUT2D eigenvalue weighted by molar-refractivity contribution is -0.0522. The molecule has 2 unspecified atom stereocenters. The van der Waals surface area contributed by atoms with E-state index < -0.39 is 66.2 Å². The maximum atomic E-state index is 12.6. The molecule has 1 saturated heterocycles. The number of amides is 2. The number of carbonyl (C=O) groups excluding carboxylic acids is 1. The summed E-state index contributed by atoms with van der Waals surface area (Å²) >= 11 is 0. The lowest BCUT2D eigenvalue weighted by Crippen LogP contribution is -2.34. The van der Waals surface area contributed by atoms with Crippen molar-refractivity contribution in [2.24, 2.45) is 5.73 Å². The van der Waals surface area contributed by atoms with Crippen molar-refractivity contribution in [3.8, 4) is 0 Å². The normalized spacial score (nSPS) is 25.9. The highest BCUT2D eigenvalue weighted by Crippen LogP contribution is 2.68. The number of phosphoric acid groups is 3. The van der Waals surface area contributed by atoms with E-state index >= 15 is 0 Å². The topological polar surface area (TPSA) is 343 Å². The lowest BCUT2D eigenvalue weighted by Gasteiger charge is -2.21. The maximum Gasteiger partial charge on any atom is 0.505 e. The van der Waals surface area contributed by atoms with Crippen LogP contribution in [0.25, 0.3) is 11.2 Å². The van der Waals surface area contributed by atoms with E-state index in [0.29, 0.717) is 0 Å². The van der Waals surface area contributed by atoms with Crippen molar-refractivity contribution in [2.45, 2.75) is 24.5 Å². The predicted molar refractivity (Wildman–Crippen MR) is 110 cm³/mol. The van der Waals surface area contributed by atoms with Gasteiger partial charge in [0.2, 0.25) is 5.95 Å². The molecule has 2 amide bonds. The van der Waals surface area contributed by atoms with Gasteiger partial charge in [-0.25, -0.2) is 29.0 Å². The zero-order valence-corrected chi connectivity index (χ0v) is 19.9. The van der Waals surface area contributed by atoms with Crippen LogP contribution in [0.5, 0.6) is 0 Å². The molecule has 2 aromatic rings. The number of carbonyl (C=O) groups is 1. The Morgan fingerprint density at radius 2 is 1.89 bits per heavy atom. The second-order valence-corrected chi connectivity index (χ2v) is 11.3. The molecule has 0 aromatic carbocycles. The Morgan fingerprint density at radius 1 is 1.22 bits per heavy atom. The number of urea groups is 1. The first kappa shape index (κ1) is 28.3. The third-order valence-electron chi connectivity index (χ3n) is 4.13. The molecule has 22 nitrogen and oxygen atoms in total. The molecule has 3 heterocycles. The molecular formula is C11H18N7O15P3. The second kappa shape index (κ2) is 10.2. The van der Waals surface area contributed by atoms with Crippen molar-refractivity contribution in [1.29, 1.82) is 0 Å². The van der Waals surface area contributed by atoms with E-state index in [0.717, 1.165) is 10.9 Å². The van der Waals surface area contributed by atoms with Gasteiger partial charge in [-0.05, 0) is 0 Å². The van der Waals surface area contributed by atoms with E-state index in [4.69, 9.17) is 26.0 Å². The third kappa shape index (κ3) is 6.72. The number of aromatic nitrogens is 4. The van der Waals surface area contributed by atoms with Gasteiger partial charge in [-0.1, -0.05) is 0 Å². The third-order valence-corrected chi connectivity index (χ3v) is 8.21. The number of hydroxylamine groups is 1. The number of primary amides is 1. The lowest BCUT2D eigenvalue weighted by atomic mass is 10.1. The minimum Gasteiger partial charge on any atom is -0.387 e. The molecule has 11 N–H and O–H groups in total. The van der Waals surface area contributed by atoms with Crippen LogP contribution in [-0.2, 0) is 36.2 Å². The van der Waals surface area contributed by atoms with Crippen molar-refractivity contribution < 1.29 is 65.9 Å². The maximum absolute atomic E-state index is 12.6. The Hall–Kier alpha value is -2.29. The average Bonchev–Trinajstić information content (AvgIpc) is 3.24. The fourth-order valence-electron chi connectivity index (χ4n) is 2.83. The molecule has 1 aliphatic rings. The van der Waals surface area contributed by atoms with Crippen LogP contribution in [0.4, 0.5) is 10.7 Å². The van der Waals surface area contributed by atoms with Crippen LogP contribution in [0.2, 0.25) is 0 Å². The second-order valence-electron chi connectivity index (χ2n) is 6.74. The van der Waals surface area contributed by atoms with Gasteiger partial charge in [0.25, 0.3) is 5.56 Å². The molecule has 1 aliphatic heterocycles. The minimum atomic E-state index is -5.86. The number of H-pyrrole nitrogens is 1. The molecule has 0 bridgehead atoms. The molecule has 25 heteroatoms. The van der Waals surface area contributed by atoms with Crippen LogP contribution in [0.1, 0.15) is 6.23 Å². The molecule has 0 radical (unpaired) electrons. The van der Waals surface area contributed by atoms with Gasteiger partial charge in [-0.15, -0.1) is 0 Å². The molecular weight excluding hydrogens is 563 g/mol. The summed E-state index contributed by atoms with van der Waals surface area (Å²) < 4.78 is 58.0. The fraction of sp³-hybridized carbons (Fsp3) is 0.455. The number of nitrogens with one attached hydrogen (secondary N) is 2. The van der Waals surface area contributed by atoms with E-state index in [2.05, 4.69) is 32.7 Å². The number of nitrogens with zero attached hydrogens (tertiary/aromatic N) is 3. The van der Waals surface area contributed by atoms with E-state index in [1.165, 1.54) is 5.48 Å². The van der Waals surface area contributed by atoms with Gasteiger partial charge < -0.3 is 41.1 Å². The Labute approximate surface area is 197 Å². The molecule has 2 aromatic heterocycles. The highest BCUT2D eigenvalue weighted by atomic mass is 31.3. The minimum absolute atomic E-state index is 0.145.